The van der Waals surface area contributed by atoms with Crippen molar-refractivity contribution in [3.8, 4) is 22.4 Å². The second kappa shape index (κ2) is 9.13. The van der Waals surface area contributed by atoms with E-state index in [0.29, 0.717) is 0 Å². The summed E-state index contributed by atoms with van der Waals surface area (Å²) >= 11 is 0. The van der Waals surface area contributed by atoms with Crippen molar-refractivity contribution in [2.75, 3.05) is 39.4 Å². The number of ether oxygens (including phenoxy) is 1. The predicted octanol–water partition coefficient (Wildman–Crippen LogP) is 4.04. The topological polar surface area (TPSA) is 44.4 Å². The van der Waals surface area contributed by atoms with Crippen LogP contribution in [0.25, 0.3) is 22.4 Å². The number of likely N-dealkylation sites (tertiary alicyclic amines) is 1. The molecule has 1 N–H and O–H groups in total. The van der Waals surface area contributed by atoms with Gasteiger partial charge in [-0.25, -0.2) is 0 Å². The van der Waals surface area contributed by atoms with Crippen LogP contribution in [0, 0.1) is 0 Å². The average molecular weight is 403 g/mol. The number of aromatic nitrogens is 2. The molecule has 30 heavy (non-hydrogen) atoms. The van der Waals surface area contributed by atoms with E-state index in [0.717, 1.165) is 57.7 Å². The van der Waals surface area contributed by atoms with Gasteiger partial charge in [0.15, 0.2) is 0 Å². The molecule has 0 atom stereocenters. The molecule has 2 fully saturated rings. The van der Waals surface area contributed by atoms with Crippen LogP contribution in [0.15, 0.2) is 60.8 Å². The lowest BCUT2D eigenvalue weighted by Gasteiger charge is -2.40. The summed E-state index contributed by atoms with van der Waals surface area (Å²) in [6.45, 7) is 7.23. The molecule has 2 aromatic carbocycles. The van der Waals surface area contributed by atoms with Crippen LogP contribution >= 0.6 is 0 Å². The minimum Gasteiger partial charge on any atom is -0.379 e. The number of hydrogen-bond donors (Lipinski definition) is 1. The minimum atomic E-state index is 0.722. The highest BCUT2D eigenvalue weighted by Gasteiger charge is 2.26. The van der Waals surface area contributed by atoms with Crippen LogP contribution in [0.2, 0.25) is 0 Å². The molecule has 2 aliphatic heterocycles. The molecule has 5 heteroatoms. The summed E-state index contributed by atoms with van der Waals surface area (Å²) in [6, 6.07) is 20.0. The first-order valence-electron chi connectivity index (χ1n) is 11.1. The van der Waals surface area contributed by atoms with Crippen LogP contribution in [0.1, 0.15) is 18.4 Å². The third-order valence-corrected chi connectivity index (χ3v) is 6.51. The second-order valence-electron chi connectivity index (χ2n) is 8.37. The Morgan fingerprint density at radius 3 is 2.23 bits per heavy atom. The van der Waals surface area contributed by atoms with Gasteiger partial charge in [0.25, 0.3) is 0 Å². The molecule has 0 bridgehead atoms. The molecule has 5 rings (SSSR count). The van der Waals surface area contributed by atoms with E-state index in [1.165, 1.54) is 35.1 Å². The van der Waals surface area contributed by atoms with E-state index in [1.54, 1.807) is 0 Å². The summed E-state index contributed by atoms with van der Waals surface area (Å²) in [5.74, 6) is 0. The van der Waals surface area contributed by atoms with Crippen molar-refractivity contribution in [1.29, 1.82) is 0 Å². The fourth-order valence-electron chi connectivity index (χ4n) is 4.77. The maximum absolute atomic E-state index is 5.51. The Morgan fingerprint density at radius 2 is 1.50 bits per heavy atom. The Morgan fingerprint density at radius 1 is 0.833 bits per heavy atom. The SMILES string of the molecule is c1ccc(-c2ccc(-c3[nH]ncc3CN3CCC(N4CCOCC4)CC3)cc2)cc1. The van der Waals surface area contributed by atoms with E-state index in [2.05, 4.69) is 74.6 Å². The summed E-state index contributed by atoms with van der Waals surface area (Å²) in [5, 5.41) is 7.59. The van der Waals surface area contributed by atoms with E-state index in [9.17, 15) is 0 Å². The van der Waals surface area contributed by atoms with Crippen molar-refractivity contribution in [3.05, 3.63) is 66.4 Å². The van der Waals surface area contributed by atoms with Gasteiger partial charge in [-0.1, -0.05) is 54.6 Å². The first kappa shape index (κ1) is 19.5. The molecule has 0 unspecified atom stereocenters. The molecule has 1 aromatic heterocycles. The molecule has 5 nitrogen and oxygen atoms in total. The van der Waals surface area contributed by atoms with Crippen molar-refractivity contribution in [2.24, 2.45) is 0 Å². The molecule has 3 aromatic rings. The fraction of sp³-hybridized carbons (Fsp3) is 0.400. The molecule has 0 saturated carbocycles. The van der Waals surface area contributed by atoms with Crippen LogP contribution in [-0.4, -0.2) is 65.4 Å². The van der Waals surface area contributed by atoms with Crippen LogP contribution in [0.5, 0.6) is 0 Å². The summed E-state index contributed by atoms with van der Waals surface area (Å²) < 4.78 is 5.51. The highest BCUT2D eigenvalue weighted by Crippen LogP contribution is 2.27. The van der Waals surface area contributed by atoms with Crippen LogP contribution < -0.4 is 0 Å². The number of morpholine rings is 1. The standard InChI is InChI=1S/C25H30N4O/c1-2-4-20(5-3-1)21-6-8-22(9-7-21)25-23(18-26-27-25)19-28-12-10-24(11-13-28)29-14-16-30-17-15-29/h1-9,18,24H,10-17,19H2,(H,26,27). The number of benzene rings is 2. The molecule has 0 radical (unpaired) electrons. The lowest BCUT2D eigenvalue weighted by molar-refractivity contribution is 0.000242. The summed E-state index contributed by atoms with van der Waals surface area (Å²) in [5.41, 5.74) is 6.12. The maximum Gasteiger partial charge on any atom is 0.0695 e. The zero-order chi connectivity index (χ0) is 20.2. The summed E-state index contributed by atoms with van der Waals surface area (Å²) in [4.78, 5) is 5.20. The van der Waals surface area contributed by atoms with E-state index in [4.69, 9.17) is 4.74 Å². The molecule has 156 valence electrons. The normalized spacial score (nSPS) is 19.2. The quantitative estimate of drug-likeness (QED) is 0.700. The second-order valence-corrected chi connectivity index (χ2v) is 8.37. The fourth-order valence-corrected chi connectivity index (χ4v) is 4.77. The van der Waals surface area contributed by atoms with Gasteiger partial charge >= 0.3 is 0 Å². The third-order valence-electron chi connectivity index (χ3n) is 6.51. The van der Waals surface area contributed by atoms with Gasteiger partial charge in [0, 0.05) is 31.2 Å². The van der Waals surface area contributed by atoms with Crippen molar-refractivity contribution in [1.82, 2.24) is 20.0 Å². The highest BCUT2D eigenvalue weighted by molar-refractivity contribution is 5.69. The Hall–Kier alpha value is -2.47. The van der Waals surface area contributed by atoms with Crippen LogP contribution in [-0.2, 0) is 11.3 Å². The molecular weight excluding hydrogens is 372 g/mol. The number of nitrogens with zero attached hydrogens (tertiary/aromatic N) is 3. The minimum absolute atomic E-state index is 0.722. The van der Waals surface area contributed by atoms with Crippen molar-refractivity contribution in [3.63, 3.8) is 0 Å². The summed E-state index contributed by atoms with van der Waals surface area (Å²) in [7, 11) is 0. The number of piperidine rings is 1. The zero-order valence-electron chi connectivity index (χ0n) is 17.5. The first-order valence-corrected chi connectivity index (χ1v) is 11.1. The molecule has 2 aliphatic rings. The van der Waals surface area contributed by atoms with Gasteiger partial charge in [-0.3, -0.25) is 14.9 Å². The summed E-state index contributed by atoms with van der Waals surface area (Å²) in [6.07, 6.45) is 4.49. The first-order chi connectivity index (χ1) is 14.9. The van der Waals surface area contributed by atoms with Gasteiger partial charge in [0.05, 0.1) is 25.1 Å². The molecule has 0 spiro atoms. The highest BCUT2D eigenvalue weighted by atomic mass is 16.5. The molecule has 3 heterocycles. The number of hydrogen-bond acceptors (Lipinski definition) is 4. The molecule has 0 amide bonds. The molecular formula is C25H30N4O. The van der Waals surface area contributed by atoms with Crippen molar-refractivity contribution < 1.29 is 4.74 Å². The monoisotopic (exact) mass is 402 g/mol. The molecule has 0 aliphatic carbocycles. The van der Waals surface area contributed by atoms with Gasteiger partial charge in [0.1, 0.15) is 0 Å². The van der Waals surface area contributed by atoms with Crippen molar-refractivity contribution >= 4 is 0 Å². The number of nitrogens with one attached hydrogen (secondary N) is 1. The third kappa shape index (κ3) is 4.33. The zero-order valence-corrected chi connectivity index (χ0v) is 17.5. The molecule has 2 saturated heterocycles. The Kier molecular flexibility index (Phi) is 5.93. The largest absolute Gasteiger partial charge is 0.379 e. The smallest absolute Gasteiger partial charge is 0.0695 e. The Balaban J connectivity index is 1.22. The van der Waals surface area contributed by atoms with Gasteiger partial charge in [-0.15, -0.1) is 0 Å². The van der Waals surface area contributed by atoms with Gasteiger partial charge in [0.2, 0.25) is 0 Å². The lowest BCUT2D eigenvalue weighted by Crippen LogP contribution is -2.48. The van der Waals surface area contributed by atoms with E-state index in [1.807, 2.05) is 6.20 Å². The predicted molar refractivity (Wildman–Crippen MR) is 120 cm³/mol. The van der Waals surface area contributed by atoms with E-state index in [-0.39, 0.29) is 0 Å². The number of H-pyrrole nitrogens is 1. The Bertz CT molecular complexity index is 923. The van der Waals surface area contributed by atoms with Crippen molar-refractivity contribution in [2.45, 2.75) is 25.4 Å². The van der Waals surface area contributed by atoms with Crippen LogP contribution in [0.4, 0.5) is 0 Å². The number of aromatic amines is 1. The van der Waals surface area contributed by atoms with Gasteiger partial charge in [-0.05, 0) is 42.6 Å². The van der Waals surface area contributed by atoms with Gasteiger partial charge in [-0.2, -0.15) is 5.10 Å². The van der Waals surface area contributed by atoms with Crippen LogP contribution in [0.3, 0.4) is 0 Å². The Labute approximate surface area is 178 Å². The lowest BCUT2D eigenvalue weighted by atomic mass is 10.00. The average Bonchev–Trinajstić information content (AvgIpc) is 3.29. The van der Waals surface area contributed by atoms with E-state index >= 15 is 0 Å². The number of rotatable bonds is 5. The van der Waals surface area contributed by atoms with E-state index < -0.39 is 0 Å². The maximum atomic E-state index is 5.51. The van der Waals surface area contributed by atoms with Gasteiger partial charge < -0.3 is 4.74 Å².